The van der Waals surface area contributed by atoms with Gasteiger partial charge >= 0.3 is 0 Å². The standard InChI is InChI=1S/C13H16ClN3/c1-13(5-2-6-13)15-7-11-9-17-8-10(14)3-4-12(17)16-11/h3-4,8-9,15H,2,5-7H2,1H3. The fourth-order valence-corrected chi connectivity index (χ4v) is 2.46. The van der Waals surface area contributed by atoms with Crippen molar-refractivity contribution in [2.45, 2.75) is 38.3 Å². The normalized spacial score (nSPS) is 18.2. The number of imidazole rings is 1. The summed E-state index contributed by atoms with van der Waals surface area (Å²) in [6.07, 6.45) is 7.80. The molecule has 0 aromatic carbocycles. The van der Waals surface area contributed by atoms with Gasteiger partial charge in [-0.05, 0) is 38.3 Å². The molecule has 17 heavy (non-hydrogen) atoms. The van der Waals surface area contributed by atoms with Crippen LogP contribution in [0.25, 0.3) is 5.65 Å². The van der Waals surface area contributed by atoms with Crippen LogP contribution in [-0.2, 0) is 6.54 Å². The zero-order valence-electron chi connectivity index (χ0n) is 9.91. The maximum absolute atomic E-state index is 5.94. The summed E-state index contributed by atoms with van der Waals surface area (Å²) in [7, 11) is 0. The van der Waals surface area contributed by atoms with E-state index in [9.17, 15) is 0 Å². The van der Waals surface area contributed by atoms with E-state index in [1.165, 1.54) is 19.3 Å². The van der Waals surface area contributed by atoms with Gasteiger partial charge in [-0.3, -0.25) is 0 Å². The van der Waals surface area contributed by atoms with Gasteiger partial charge < -0.3 is 9.72 Å². The second kappa shape index (κ2) is 4.00. The molecular weight excluding hydrogens is 234 g/mol. The SMILES string of the molecule is CC1(NCc2cn3cc(Cl)ccc3n2)CCC1. The molecule has 1 aliphatic carbocycles. The molecule has 0 unspecified atom stereocenters. The van der Waals surface area contributed by atoms with Crippen LogP contribution in [0.15, 0.2) is 24.5 Å². The minimum Gasteiger partial charge on any atom is -0.306 e. The van der Waals surface area contributed by atoms with Crippen molar-refractivity contribution >= 4 is 17.2 Å². The summed E-state index contributed by atoms with van der Waals surface area (Å²) < 4.78 is 1.97. The van der Waals surface area contributed by atoms with Gasteiger partial charge in [-0.1, -0.05) is 11.6 Å². The zero-order chi connectivity index (χ0) is 11.9. The fraction of sp³-hybridized carbons (Fsp3) is 0.462. The first-order valence-electron chi connectivity index (χ1n) is 6.03. The van der Waals surface area contributed by atoms with Crippen molar-refractivity contribution in [1.82, 2.24) is 14.7 Å². The van der Waals surface area contributed by atoms with Crippen LogP contribution in [0.4, 0.5) is 0 Å². The maximum atomic E-state index is 5.94. The molecule has 2 aromatic rings. The summed E-state index contributed by atoms with van der Waals surface area (Å²) in [5.74, 6) is 0. The van der Waals surface area contributed by atoms with Gasteiger partial charge in [-0.15, -0.1) is 0 Å². The van der Waals surface area contributed by atoms with Crippen molar-refractivity contribution in [3.05, 3.63) is 35.2 Å². The summed E-state index contributed by atoms with van der Waals surface area (Å²) in [6.45, 7) is 3.11. The number of aromatic nitrogens is 2. The van der Waals surface area contributed by atoms with Crippen LogP contribution in [0.1, 0.15) is 31.9 Å². The van der Waals surface area contributed by atoms with E-state index >= 15 is 0 Å². The highest BCUT2D eigenvalue weighted by molar-refractivity contribution is 6.30. The Morgan fingerprint density at radius 2 is 2.24 bits per heavy atom. The molecule has 0 saturated heterocycles. The Kier molecular flexibility index (Phi) is 2.60. The van der Waals surface area contributed by atoms with E-state index in [1.54, 1.807) is 0 Å². The number of halogens is 1. The molecule has 0 bridgehead atoms. The van der Waals surface area contributed by atoms with Gasteiger partial charge in [-0.2, -0.15) is 0 Å². The molecule has 3 nitrogen and oxygen atoms in total. The van der Waals surface area contributed by atoms with E-state index in [1.807, 2.05) is 28.9 Å². The van der Waals surface area contributed by atoms with Crippen LogP contribution in [0.2, 0.25) is 5.02 Å². The summed E-state index contributed by atoms with van der Waals surface area (Å²) in [5.41, 5.74) is 2.35. The third kappa shape index (κ3) is 2.17. The first-order valence-corrected chi connectivity index (χ1v) is 6.41. The average Bonchev–Trinajstić information content (AvgIpc) is 2.65. The second-order valence-corrected chi connectivity index (χ2v) is 5.55. The van der Waals surface area contributed by atoms with Gasteiger partial charge in [0.25, 0.3) is 0 Å². The summed E-state index contributed by atoms with van der Waals surface area (Å²) in [6, 6.07) is 3.81. The molecule has 0 spiro atoms. The van der Waals surface area contributed by atoms with Crippen LogP contribution in [-0.4, -0.2) is 14.9 Å². The number of hydrogen-bond donors (Lipinski definition) is 1. The predicted molar refractivity (Wildman–Crippen MR) is 69.3 cm³/mol. The summed E-state index contributed by atoms with van der Waals surface area (Å²) in [5, 5.41) is 4.31. The molecule has 4 heteroatoms. The Balaban J connectivity index is 1.76. The number of nitrogens with one attached hydrogen (secondary N) is 1. The quantitative estimate of drug-likeness (QED) is 0.906. The number of nitrogens with zero attached hydrogens (tertiary/aromatic N) is 2. The van der Waals surface area contributed by atoms with Crippen molar-refractivity contribution in [3.63, 3.8) is 0 Å². The van der Waals surface area contributed by atoms with Gasteiger partial charge in [0.05, 0.1) is 10.7 Å². The van der Waals surface area contributed by atoms with Gasteiger partial charge in [0, 0.05) is 24.5 Å². The van der Waals surface area contributed by atoms with Crippen LogP contribution >= 0.6 is 11.6 Å². The minimum atomic E-state index is 0.327. The molecule has 2 heterocycles. The summed E-state index contributed by atoms with van der Waals surface area (Å²) >= 11 is 5.94. The van der Waals surface area contributed by atoms with Crippen molar-refractivity contribution in [3.8, 4) is 0 Å². The molecule has 1 N–H and O–H groups in total. The largest absolute Gasteiger partial charge is 0.306 e. The Bertz CT molecular complexity index is 543. The summed E-state index contributed by atoms with van der Waals surface area (Å²) in [4.78, 5) is 4.56. The average molecular weight is 250 g/mol. The molecule has 1 fully saturated rings. The topological polar surface area (TPSA) is 29.3 Å². The van der Waals surface area contributed by atoms with Crippen LogP contribution in [0.3, 0.4) is 0 Å². The van der Waals surface area contributed by atoms with Crippen molar-refractivity contribution in [1.29, 1.82) is 0 Å². The van der Waals surface area contributed by atoms with E-state index in [4.69, 9.17) is 11.6 Å². The smallest absolute Gasteiger partial charge is 0.137 e. The van der Waals surface area contributed by atoms with Crippen LogP contribution in [0, 0.1) is 0 Å². The lowest BCUT2D eigenvalue weighted by molar-refractivity contribution is 0.206. The molecule has 0 aliphatic heterocycles. The van der Waals surface area contributed by atoms with Gasteiger partial charge in [-0.25, -0.2) is 4.98 Å². The highest BCUT2D eigenvalue weighted by atomic mass is 35.5. The van der Waals surface area contributed by atoms with Crippen molar-refractivity contribution < 1.29 is 0 Å². The van der Waals surface area contributed by atoms with Gasteiger partial charge in [0.15, 0.2) is 0 Å². The van der Waals surface area contributed by atoms with Gasteiger partial charge in [0.1, 0.15) is 5.65 Å². The molecule has 0 atom stereocenters. The third-order valence-corrected chi connectivity index (χ3v) is 3.84. The lowest BCUT2D eigenvalue weighted by Gasteiger charge is -2.39. The van der Waals surface area contributed by atoms with Crippen molar-refractivity contribution in [2.24, 2.45) is 0 Å². The van der Waals surface area contributed by atoms with Crippen LogP contribution in [0.5, 0.6) is 0 Å². The Hall–Kier alpha value is -1.06. The molecule has 90 valence electrons. The molecule has 1 saturated carbocycles. The lowest BCUT2D eigenvalue weighted by atomic mass is 9.78. The number of fused-ring (bicyclic) bond motifs is 1. The first-order chi connectivity index (χ1) is 8.15. The monoisotopic (exact) mass is 249 g/mol. The molecule has 2 aromatic heterocycles. The maximum Gasteiger partial charge on any atom is 0.137 e. The lowest BCUT2D eigenvalue weighted by Crippen LogP contribution is -2.47. The molecule has 3 rings (SSSR count). The van der Waals surface area contributed by atoms with E-state index in [0.29, 0.717) is 5.54 Å². The Morgan fingerprint density at radius 1 is 1.41 bits per heavy atom. The minimum absolute atomic E-state index is 0.327. The van der Waals surface area contributed by atoms with E-state index in [2.05, 4.69) is 17.2 Å². The number of rotatable bonds is 3. The van der Waals surface area contributed by atoms with Gasteiger partial charge in [0.2, 0.25) is 0 Å². The first kappa shape index (κ1) is 11.1. The number of pyridine rings is 1. The van der Waals surface area contributed by atoms with Crippen LogP contribution < -0.4 is 5.32 Å². The highest BCUT2D eigenvalue weighted by Crippen LogP contribution is 2.31. The van der Waals surface area contributed by atoms with Crippen molar-refractivity contribution in [2.75, 3.05) is 0 Å². The molecule has 0 amide bonds. The zero-order valence-corrected chi connectivity index (χ0v) is 10.7. The third-order valence-electron chi connectivity index (χ3n) is 3.62. The Morgan fingerprint density at radius 3 is 2.94 bits per heavy atom. The van der Waals surface area contributed by atoms with E-state index in [0.717, 1.165) is 22.9 Å². The van der Waals surface area contributed by atoms with E-state index in [-0.39, 0.29) is 0 Å². The molecule has 1 aliphatic rings. The molecule has 0 radical (unpaired) electrons. The Labute approximate surface area is 106 Å². The second-order valence-electron chi connectivity index (χ2n) is 5.11. The number of hydrogen-bond acceptors (Lipinski definition) is 2. The van der Waals surface area contributed by atoms with E-state index < -0.39 is 0 Å². The highest BCUT2D eigenvalue weighted by Gasteiger charge is 2.30. The molecular formula is C13H16ClN3. The fourth-order valence-electron chi connectivity index (χ4n) is 2.29. The predicted octanol–water partition coefficient (Wildman–Crippen LogP) is 3.02.